The van der Waals surface area contributed by atoms with E-state index in [9.17, 15) is 4.79 Å². The largest absolute Gasteiger partial charge is 0.490 e. The Hall–Kier alpha value is -1.91. The summed E-state index contributed by atoms with van der Waals surface area (Å²) in [5, 5.41) is 0. The van der Waals surface area contributed by atoms with Gasteiger partial charge in [-0.15, -0.1) is 0 Å². The zero-order valence-corrected chi connectivity index (χ0v) is 11.4. The van der Waals surface area contributed by atoms with Gasteiger partial charge < -0.3 is 18.9 Å². The van der Waals surface area contributed by atoms with Crippen LogP contribution in [0.15, 0.2) is 6.07 Å². The molecule has 0 N–H and O–H groups in total. The predicted molar refractivity (Wildman–Crippen MR) is 69.1 cm³/mol. The molecular weight excluding hydrogens is 248 g/mol. The lowest BCUT2D eigenvalue weighted by Crippen LogP contribution is -2.06. The van der Waals surface area contributed by atoms with Gasteiger partial charge in [0.05, 0.1) is 30.9 Å². The Labute approximate surface area is 112 Å². The van der Waals surface area contributed by atoms with Gasteiger partial charge in [0.1, 0.15) is 6.61 Å². The summed E-state index contributed by atoms with van der Waals surface area (Å²) in [5.41, 5.74) is 1.23. The molecule has 0 bridgehead atoms. The number of esters is 1. The summed E-state index contributed by atoms with van der Waals surface area (Å²) >= 11 is 0. The molecule has 0 aliphatic carbocycles. The second-order valence-electron chi connectivity index (χ2n) is 3.93. The van der Waals surface area contributed by atoms with Gasteiger partial charge in [0.2, 0.25) is 5.75 Å². The van der Waals surface area contributed by atoms with E-state index < -0.39 is 0 Å². The highest BCUT2D eigenvalue weighted by Gasteiger charge is 2.30. The van der Waals surface area contributed by atoms with Crippen molar-refractivity contribution in [2.24, 2.45) is 0 Å². The van der Waals surface area contributed by atoms with Crippen LogP contribution in [-0.2, 0) is 11.3 Å². The van der Waals surface area contributed by atoms with Crippen LogP contribution in [0.2, 0.25) is 0 Å². The maximum absolute atomic E-state index is 11.7. The van der Waals surface area contributed by atoms with Gasteiger partial charge in [0, 0.05) is 0 Å². The SMILES string of the molecule is CCOc1cc2c(c(OCC)c1OCC)COC2=O. The molecule has 19 heavy (non-hydrogen) atoms. The van der Waals surface area contributed by atoms with Crippen molar-refractivity contribution in [3.05, 3.63) is 17.2 Å². The molecule has 1 aromatic carbocycles. The van der Waals surface area contributed by atoms with Crippen molar-refractivity contribution in [3.63, 3.8) is 0 Å². The van der Waals surface area contributed by atoms with E-state index in [0.29, 0.717) is 42.6 Å². The summed E-state index contributed by atoms with van der Waals surface area (Å²) in [6.07, 6.45) is 0. The fourth-order valence-corrected chi connectivity index (χ4v) is 2.04. The summed E-state index contributed by atoms with van der Waals surface area (Å²) < 4.78 is 21.8. The monoisotopic (exact) mass is 266 g/mol. The van der Waals surface area contributed by atoms with Crippen LogP contribution in [0.25, 0.3) is 0 Å². The van der Waals surface area contributed by atoms with Crippen LogP contribution < -0.4 is 14.2 Å². The molecule has 1 heterocycles. The molecule has 5 nitrogen and oxygen atoms in total. The number of hydrogen-bond donors (Lipinski definition) is 0. The first kappa shape index (κ1) is 13.5. The highest BCUT2D eigenvalue weighted by molar-refractivity contribution is 5.95. The number of carbonyl (C=O) groups excluding carboxylic acids is 1. The maximum Gasteiger partial charge on any atom is 0.339 e. The molecule has 0 fully saturated rings. The van der Waals surface area contributed by atoms with E-state index in [1.165, 1.54) is 0 Å². The van der Waals surface area contributed by atoms with Crippen LogP contribution in [0.4, 0.5) is 0 Å². The van der Waals surface area contributed by atoms with Gasteiger partial charge in [-0.25, -0.2) is 4.79 Å². The molecule has 2 rings (SSSR count). The van der Waals surface area contributed by atoms with E-state index in [2.05, 4.69) is 0 Å². The van der Waals surface area contributed by atoms with Crippen molar-refractivity contribution >= 4 is 5.97 Å². The Balaban J connectivity index is 2.57. The molecule has 0 unspecified atom stereocenters. The van der Waals surface area contributed by atoms with Gasteiger partial charge in [-0.3, -0.25) is 0 Å². The topological polar surface area (TPSA) is 54.0 Å². The minimum Gasteiger partial charge on any atom is -0.490 e. The highest BCUT2D eigenvalue weighted by Crippen LogP contribution is 2.45. The molecule has 5 heteroatoms. The quantitative estimate of drug-likeness (QED) is 0.741. The number of ether oxygens (including phenoxy) is 4. The van der Waals surface area contributed by atoms with Gasteiger partial charge in [-0.1, -0.05) is 0 Å². The van der Waals surface area contributed by atoms with Crippen molar-refractivity contribution < 1.29 is 23.7 Å². The van der Waals surface area contributed by atoms with E-state index in [1.54, 1.807) is 6.07 Å². The number of hydrogen-bond acceptors (Lipinski definition) is 5. The van der Waals surface area contributed by atoms with E-state index in [4.69, 9.17) is 18.9 Å². The fourth-order valence-electron chi connectivity index (χ4n) is 2.04. The molecule has 1 aromatic rings. The summed E-state index contributed by atoms with van der Waals surface area (Å²) in [6, 6.07) is 1.67. The first-order valence-electron chi connectivity index (χ1n) is 6.48. The molecule has 0 spiro atoms. The Morgan fingerprint density at radius 1 is 1.05 bits per heavy atom. The Bertz CT molecular complexity index is 481. The fraction of sp³-hybridized carbons (Fsp3) is 0.500. The van der Waals surface area contributed by atoms with Crippen molar-refractivity contribution in [2.45, 2.75) is 27.4 Å². The standard InChI is InChI=1S/C14H18O5/c1-4-16-11-7-9-10(8-19-14(9)15)12(17-5-2)13(11)18-6-3/h7H,4-6,8H2,1-3H3. The third-order valence-electron chi connectivity index (χ3n) is 2.75. The lowest BCUT2D eigenvalue weighted by molar-refractivity contribution is 0.0533. The van der Waals surface area contributed by atoms with E-state index in [-0.39, 0.29) is 12.6 Å². The maximum atomic E-state index is 11.7. The first-order chi connectivity index (χ1) is 9.22. The van der Waals surface area contributed by atoms with Crippen LogP contribution in [0, 0.1) is 0 Å². The molecule has 104 valence electrons. The summed E-state index contributed by atoms with van der Waals surface area (Å²) in [5.74, 6) is 1.27. The number of benzene rings is 1. The van der Waals surface area contributed by atoms with E-state index in [0.717, 1.165) is 5.56 Å². The number of fused-ring (bicyclic) bond motifs is 1. The number of rotatable bonds is 6. The lowest BCUT2D eigenvalue weighted by Gasteiger charge is -2.17. The Kier molecular flexibility index (Phi) is 4.14. The van der Waals surface area contributed by atoms with Crippen molar-refractivity contribution in [1.82, 2.24) is 0 Å². The molecule has 0 amide bonds. The molecule has 0 saturated heterocycles. The lowest BCUT2D eigenvalue weighted by atomic mass is 10.1. The van der Waals surface area contributed by atoms with Crippen LogP contribution in [0.1, 0.15) is 36.7 Å². The van der Waals surface area contributed by atoms with Crippen LogP contribution in [-0.4, -0.2) is 25.8 Å². The van der Waals surface area contributed by atoms with Crippen molar-refractivity contribution in [1.29, 1.82) is 0 Å². The molecule has 1 aliphatic rings. The van der Waals surface area contributed by atoms with Crippen LogP contribution in [0.3, 0.4) is 0 Å². The molecule has 0 radical (unpaired) electrons. The van der Waals surface area contributed by atoms with Gasteiger partial charge in [0.15, 0.2) is 11.5 Å². The average Bonchev–Trinajstić information content (AvgIpc) is 2.76. The van der Waals surface area contributed by atoms with Crippen LogP contribution >= 0.6 is 0 Å². The third-order valence-corrected chi connectivity index (χ3v) is 2.75. The average molecular weight is 266 g/mol. The predicted octanol–water partition coefficient (Wildman–Crippen LogP) is 2.55. The van der Waals surface area contributed by atoms with Gasteiger partial charge in [-0.05, 0) is 26.8 Å². The van der Waals surface area contributed by atoms with E-state index in [1.807, 2.05) is 20.8 Å². The van der Waals surface area contributed by atoms with Crippen molar-refractivity contribution in [2.75, 3.05) is 19.8 Å². The molecule has 1 aliphatic heterocycles. The first-order valence-corrected chi connectivity index (χ1v) is 6.48. The molecular formula is C14H18O5. The number of cyclic esters (lactones) is 1. The minimum absolute atomic E-state index is 0.218. The molecule has 0 saturated carbocycles. The Morgan fingerprint density at radius 3 is 2.32 bits per heavy atom. The second kappa shape index (κ2) is 5.82. The zero-order valence-electron chi connectivity index (χ0n) is 11.4. The number of carbonyl (C=O) groups is 1. The Morgan fingerprint density at radius 2 is 1.68 bits per heavy atom. The van der Waals surface area contributed by atoms with Gasteiger partial charge in [-0.2, -0.15) is 0 Å². The normalized spacial score (nSPS) is 12.9. The van der Waals surface area contributed by atoms with Crippen LogP contribution in [0.5, 0.6) is 17.2 Å². The smallest absolute Gasteiger partial charge is 0.339 e. The molecule has 0 atom stereocenters. The van der Waals surface area contributed by atoms with E-state index >= 15 is 0 Å². The van der Waals surface area contributed by atoms with Gasteiger partial charge in [0.25, 0.3) is 0 Å². The minimum atomic E-state index is -0.347. The summed E-state index contributed by atoms with van der Waals surface area (Å²) in [4.78, 5) is 11.7. The van der Waals surface area contributed by atoms with Gasteiger partial charge >= 0.3 is 5.97 Å². The summed E-state index contributed by atoms with van der Waals surface area (Å²) in [6.45, 7) is 7.33. The van der Waals surface area contributed by atoms with Crippen molar-refractivity contribution in [3.8, 4) is 17.2 Å². The summed E-state index contributed by atoms with van der Waals surface area (Å²) in [7, 11) is 0. The zero-order chi connectivity index (χ0) is 13.8. The third kappa shape index (κ3) is 2.45. The second-order valence-corrected chi connectivity index (χ2v) is 3.93. The highest BCUT2D eigenvalue weighted by atomic mass is 16.6. The molecule has 0 aromatic heterocycles.